The quantitative estimate of drug-likeness (QED) is 0.810. The van der Waals surface area contributed by atoms with Gasteiger partial charge in [-0.05, 0) is 58.0 Å². The molecule has 0 spiro atoms. The fraction of sp³-hybridized carbons (Fsp3) is 0.435. The van der Waals surface area contributed by atoms with Gasteiger partial charge >= 0.3 is 0 Å². The van der Waals surface area contributed by atoms with Crippen molar-refractivity contribution in [2.45, 2.75) is 44.2 Å². The number of carbonyl (C=O) groups is 1. The highest BCUT2D eigenvalue weighted by Gasteiger charge is 2.32. The normalized spacial score (nSPS) is 18.4. The van der Waals surface area contributed by atoms with E-state index in [0.29, 0.717) is 12.1 Å². The van der Waals surface area contributed by atoms with Crippen molar-refractivity contribution in [1.82, 2.24) is 14.5 Å². The lowest BCUT2D eigenvalue weighted by Gasteiger charge is -2.40. The zero-order chi connectivity index (χ0) is 22.1. The summed E-state index contributed by atoms with van der Waals surface area (Å²) in [5.41, 5.74) is 1.66. The first kappa shape index (κ1) is 22.5. The van der Waals surface area contributed by atoms with Gasteiger partial charge in [-0.3, -0.25) is 4.79 Å². The van der Waals surface area contributed by atoms with Crippen molar-refractivity contribution >= 4 is 15.9 Å². The van der Waals surface area contributed by atoms with Gasteiger partial charge in [0, 0.05) is 30.7 Å². The Hall–Kier alpha value is -2.22. The van der Waals surface area contributed by atoms with E-state index in [1.807, 2.05) is 49.2 Å². The highest BCUT2D eigenvalue weighted by molar-refractivity contribution is 7.89. The zero-order valence-corrected chi connectivity index (χ0v) is 19.2. The van der Waals surface area contributed by atoms with Gasteiger partial charge in [0.25, 0.3) is 5.91 Å². The SMILES string of the molecule is Cc1ccc(S(=O)(=O)NC(C)(C)C)cc1C(=O)N1CCN(C)CC1c1ccccc1. The zero-order valence-electron chi connectivity index (χ0n) is 18.3. The minimum Gasteiger partial charge on any atom is -0.329 e. The first-order valence-electron chi connectivity index (χ1n) is 10.2. The molecule has 1 fully saturated rings. The van der Waals surface area contributed by atoms with Crippen molar-refractivity contribution in [3.8, 4) is 0 Å². The fourth-order valence-corrected chi connectivity index (χ4v) is 5.18. The number of amides is 1. The Morgan fingerprint density at radius 1 is 1.07 bits per heavy atom. The summed E-state index contributed by atoms with van der Waals surface area (Å²) >= 11 is 0. The second kappa shape index (κ2) is 8.49. The topological polar surface area (TPSA) is 69.7 Å². The third kappa shape index (κ3) is 5.09. The summed E-state index contributed by atoms with van der Waals surface area (Å²) in [5, 5.41) is 0. The van der Waals surface area contributed by atoms with Crippen LogP contribution in [0.1, 0.15) is 48.3 Å². The molecule has 1 unspecified atom stereocenters. The second-order valence-corrected chi connectivity index (χ2v) is 10.7. The largest absolute Gasteiger partial charge is 0.329 e. The van der Waals surface area contributed by atoms with Crippen LogP contribution in [-0.2, 0) is 10.0 Å². The summed E-state index contributed by atoms with van der Waals surface area (Å²) < 4.78 is 28.3. The molecule has 1 N–H and O–H groups in total. The molecule has 1 saturated heterocycles. The van der Waals surface area contributed by atoms with Gasteiger partial charge in [0.15, 0.2) is 0 Å². The van der Waals surface area contributed by atoms with E-state index < -0.39 is 15.6 Å². The molecule has 0 radical (unpaired) electrons. The van der Waals surface area contributed by atoms with Gasteiger partial charge in [-0.25, -0.2) is 13.1 Å². The van der Waals surface area contributed by atoms with Crippen LogP contribution in [0.3, 0.4) is 0 Å². The molecule has 1 atom stereocenters. The maximum Gasteiger partial charge on any atom is 0.254 e. The van der Waals surface area contributed by atoms with E-state index in [1.165, 1.54) is 6.07 Å². The molecule has 2 aromatic rings. The van der Waals surface area contributed by atoms with Crippen LogP contribution in [0.2, 0.25) is 0 Å². The molecule has 0 aromatic heterocycles. The summed E-state index contributed by atoms with van der Waals surface area (Å²) in [7, 11) is -1.67. The fourth-order valence-electron chi connectivity index (χ4n) is 3.74. The Morgan fingerprint density at radius 3 is 2.37 bits per heavy atom. The Balaban J connectivity index is 1.97. The van der Waals surface area contributed by atoms with E-state index in [0.717, 1.165) is 24.2 Å². The molecule has 0 saturated carbocycles. The average Bonchev–Trinajstić information content (AvgIpc) is 2.66. The Morgan fingerprint density at radius 2 is 1.73 bits per heavy atom. The van der Waals surface area contributed by atoms with Crippen LogP contribution in [0.25, 0.3) is 0 Å². The lowest BCUT2D eigenvalue weighted by atomic mass is 10.00. The van der Waals surface area contributed by atoms with E-state index in [4.69, 9.17) is 0 Å². The maximum absolute atomic E-state index is 13.6. The molecule has 0 bridgehead atoms. The third-order valence-corrected chi connectivity index (χ3v) is 6.97. The number of likely N-dealkylation sites (N-methyl/N-ethyl adjacent to an activating group) is 1. The van der Waals surface area contributed by atoms with Crippen LogP contribution in [0.4, 0.5) is 0 Å². The molecule has 1 heterocycles. The summed E-state index contributed by atoms with van der Waals surface area (Å²) in [6.07, 6.45) is 0. The molecule has 1 amide bonds. The molecule has 30 heavy (non-hydrogen) atoms. The number of sulfonamides is 1. The molecular formula is C23H31N3O3S. The van der Waals surface area contributed by atoms with Crippen molar-refractivity contribution in [3.05, 3.63) is 65.2 Å². The number of hydrogen-bond acceptors (Lipinski definition) is 4. The van der Waals surface area contributed by atoms with Gasteiger partial charge < -0.3 is 9.80 Å². The van der Waals surface area contributed by atoms with Gasteiger partial charge in [0.2, 0.25) is 10.0 Å². The van der Waals surface area contributed by atoms with E-state index in [9.17, 15) is 13.2 Å². The van der Waals surface area contributed by atoms with E-state index in [2.05, 4.69) is 9.62 Å². The van der Waals surface area contributed by atoms with E-state index in [-0.39, 0.29) is 16.8 Å². The number of rotatable bonds is 4. The van der Waals surface area contributed by atoms with Crippen molar-refractivity contribution in [1.29, 1.82) is 0 Å². The standard InChI is InChI=1S/C23H31N3O3S/c1-17-11-12-19(30(28,29)24-23(2,3)4)15-20(17)22(27)26-14-13-25(5)16-21(26)18-9-7-6-8-10-18/h6-12,15,21,24H,13-14,16H2,1-5H3. The number of benzene rings is 2. The molecule has 3 rings (SSSR count). The number of piperazine rings is 1. The Kier molecular flexibility index (Phi) is 6.36. The Bertz CT molecular complexity index is 1010. The average molecular weight is 430 g/mol. The molecule has 7 heteroatoms. The minimum absolute atomic E-state index is 0.0789. The van der Waals surface area contributed by atoms with Crippen LogP contribution < -0.4 is 4.72 Å². The minimum atomic E-state index is -3.72. The number of aryl methyl sites for hydroxylation is 1. The van der Waals surface area contributed by atoms with Gasteiger partial charge in [-0.1, -0.05) is 36.4 Å². The molecule has 6 nitrogen and oxygen atoms in total. The molecule has 1 aliphatic heterocycles. The summed E-state index contributed by atoms with van der Waals surface area (Å²) in [5.74, 6) is -0.137. The smallest absolute Gasteiger partial charge is 0.254 e. The van der Waals surface area contributed by atoms with Gasteiger partial charge in [0.05, 0.1) is 10.9 Å². The lowest BCUT2D eigenvalue weighted by Crippen LogP contribution is -2.49. The van der Waals surface area contributed by atoms with Crippen LogP contribution >= 0.6 is 0 Å². The van der Waals surface area contributed by atoms with Crippen LogP contribution in [0.5, 0.6) is 0 Å². The van der Waals surface area contributed by atoms with Crippen molar-refractivity contribution in [2.24, 2.45) is 0 Å². The predicted molar refractivity (Wildman–Crippen MR) is 119 cm³/mol. The van der Waals surface area contributed by atoms with Crippen LogP contribution in [0, 0.1) is 6.92 Å². The summed E-state index contributed by atoms with van der Waals surface area (Å²) in [4.78, 5) is 17.8. The van der Waals surface area contributed by atoms with Gasteiger partial charge in [-0.15, -0.1) is 0 Å². The molecule has 1 aliphatic rings. The Labute approximate surface area is 179 Å². The molecule has 2 aromatic carbocycles. The van der Waals surface area contributed by atoms with Crippen molar-refractivity contribution in [3.63, 3.8) is 0 Å². The number of hydrogen-bond donors (Lipinski definition) is 1. The highest BCUT2D eigenvalue weighted by Crippen LogP contribution is 2.28. The predicted octanol–water partition coefficient (Wildman–Crippen LogP) is 3.20. The molecular weight excluding hydrogens is 398 g/mol. The lowest BCUT2D eigenvalue weighted by molar-refractivity contribution is 0.0497. The summed E-state index contributed by atoms with van der Waals surface area (Å²) in [6.45, 7) is 9.31. The highest BCUT2D eigenvalue weighted by atomic mass is 32.2. The van der Waals surface area contributed by atoms with Gasteiger partial charge in [-0.2, -0.15) is 0 Å². The second-order valence-electron chi connectivity index (χ2n) is 9.02. The number of carbonyl (C=O) groups excluding carboxylic acids is 1. The van der Waals surface area contributed by atoms with Crippen molar-refractivity contribution < 1.29 is 13.2 Å². The molecule has 0 aliphatic carbocycles. The molecule has 162 valence electrons. The maximum atomic E-state index is 13.6. The monoisotopic (exact) mass is 429 g/mol. The van der Waals surface area contributed by atoms with Crippen molar-refractivity contribution in [2.75, 3.05) is 26.7 Å². The van der Waals surface area contributed by atoms with E-state index in [1.54, 1.807) is 32.9 Å². The van der Waals surface area contributed by atoms with E-state index >= 15 is 0 Å². The third-order valence-electron chi connectivity index (χ3n) is 5.22. The van der Waals surface area contributed by atoms with Crippen LogP contribution in [-0.4, -0.2) is 56.3 Å². The van der Waals surface area contributed by atoms with Gasteiger partial charge in [0.1, 0.15) is 0 Å². The first-order valence-corrected chi connectivity index (χ1v) is 11.7. The summed E-state index contributed by atoms with van der Waals surface area (Å²) in [6, 6.07) is 14.7. The number of nitrogens with zero attached hydrogens (tertiary/aromatic N) is 2. The number of nitrogens with one attached hydrogen (secondary N) is 1. The first-order chi connectivity index (χ1) is 14.0. The van der Waals surface area contributed by atoms with Crippen LogP contribution in [0.15, 0.2) is 53.4 Å².